The molecule has 0 aliphatic heterocycles. The summed E-state index contributed by atoms with van der Waals surface area (Å²) in [5.41, 5.74) is 2.08. The lowest BCUT2D eigenvalue weighted by Crippen LogP contribution is -2.46. The molecule has 0 saturated heterocycles. The van der Waals surface area contributed by atoms with Crippen molar-refractivity contribution in [3.63, 3.8) is 0 Å². The SMILES string of the molecule is CCN(c1cc(Br)cc(C(=O)OC)c1C)C1CCC(N(C)C(=O)OC(C)(C)C)CC1. The van der Waals surface area contributed by atoms with Crippen molar-refractivity contribution in [3.05, 3.63) is 27.7 Å². The summed E-state index contributed by atoms with van der Waals surface area (Å²) >= 11 is 3.54. The van der Waals surface area contributed by atoms with E-state index in [-0.39, 0.29) is 18.1 Å². The van der Waals surface area contributed by atoms with Crippen LogP contribution in [0, 0.1) is 6.92 Å². The summed E-state index contributed by atoms with van der Waals surface area (Å²) in [4.78, 5) is 28.7. The number of benzene rings is 1. The van der Waals surface area contributed by atoms with E-state index < -0.39 is 5.60 Å². The van der Waals surface area contributed by atoms with E-state index in [9.17, 15) is 9.59 Å². The standard InChI is InChI=1S/C23H35BrN2O4/c1-8-26(20-14-16(24)13-19(15(20)2)21(27)29-7)18-11-9-17(10-12-18)25(6)22(28)30-23(3,4)5/h13-14,17-18H,8-12H2,1-7H3. The molecule has 1 aliphatic rings. The van der Waals surface area contributed by atoms with E-state index in [1.54, 1.807) is 4.90 Å². The van der Waals surface area contributed by atoms with E-state index in [1.807, 2.05) is 40.8 Å². The van der Waals surface area contributed by atoms with Gasteiger partial charge in [-0.1, -0.05) is 15.9 Å². The minimum Gasteiger partial charge on any atom is -0.465 e. The molecule has 0 aromatic heterocycles. The summed E-state index contributed by atoms with van der Waals surface area (Å²) in [5.74, 6) is -0.325. The highest BCUT2D eigenvalue weighted by molar-refractivity contribution is 9.10. The summed E-state index contributed by atoms with van der Waals surface area (Å²) < 4.78 is 11.3. The van der Waals surface area contributed by atoms with Crippen LogP contribution in [0.4, 0.5) is 10.5 Å². The van der Waals surface area contributed by atoms with Crippen molar-refractivity contribution in [2.75, 3.05) is 25.6 Å². The Kier molecular flexibility index (Phi) is 8.20. The van der Waals surface area contributed by atoms with Crippen LogP contribution in [0.2, 0.25) is 0 Å². The lowest BCUT2D eigenvalue weighted by molar-refractivity contribution is 0.0183. The Balaban J connectivity index is 2.13. The lowest BCUT2D eigenvalue weighted by atomic mass is 9.88. The fourth-order valence-corrected chi connectivity index (χ4v) is 4.60. The lowest BCUT2D eigenvalue weighted by Gasteiger charge is -2.41. The summed E-state index contributed by atoms with van der Waals surface area (Å²) in [6.45, 7) is 10.6. The molecule has 1 saturated carbocycles. The minimum atomic E-state index is -0.489. The molecule has 0 spiro atoms. The van der Waals surface area contributed by atoms with Gasteiger partial charge in [-0.15, -0.1) is 0 Å². The maximum atomic E-state index is 12.4. The average molecular weight is 483 g/mol. The Bertz CT molecular complexity index is 767. The Morgan fingerprint density at radius 2 is 1.70 bits per heavy atom. The quantitative estimate of drug-likeness (QED) is 0.514. The third-order valence-corrected chi connectivity index (χ3v) is 6.19. The monoisotopic (exact) mass is 482 g/mol. The average Bonchev–Trinajstić information content (AvgIpc) is 2.68. The molecular weight excluding hydrogens is 448 g/mol. The number of hydrogen-bond donors (Lipinski definition) is 0. The third-order valence-electron chi connectivity index (χ3n) is 5.74. The van der Waals surface area contributed by atoms with Gasteiger partial charge in [0.1, 0.15) is 5.60 Å². The van der Waals surface area contributed by atoms with Crippen molar-refractivity contribution in [2.45, 2.75) is 78.0 Å². The molecule has 0 bridgehead atoms. The van der Waals surface area contributed by atoms with Crippen LogP contribution in [-0.4, -0.2) is 55.3 Å². The zero-order valence-corrected chi connectivity index (χ0v) is 20.8. The molecule has 30 heavy (non-hydrogen) atoms. The number of carbonyl (C=O) groups excluding carboxylic acids is 2. The van der Waals surface area contributed by atoms with Gasteiger partial charge in [-0.3, -0.25) is 0 Å². The van der Waals surface area contributed by atoms with E-state index >= 15 is 0 Å². The summed E-state index contributed by atoms with van der Waals surface area (Å²) in [6, 6.07) is 4.43. The molecule has 0 radical (unpaired) electrons. The summed E-state index contributed by atoms with van der Waals surface area (Å²) in [7, 11) is 3.24. The van der Waals surface area contributed by atoms with Crippen molar-refractivity contribution < 1.29 is 19.1 Å². The Morgan fingerprint density at radius 1 is 1.13 bits per heavy atom. The number of amides is 1. The van der Waals surface area contributed by atoms with Crippen LogP contribution in [0.1, 0.15) is 69.3 Å². The second kappa shape index (κ2) is 10.0. The molecule has 2 rings (SSSR count). The van der Waals surface area contributed by atoms with Gasteiger partial charge in [0, 0.05) is 35.8 Å². The minimum absolute atomic E-state index is 0.184. The van der Waals surface area contributed by atoms with Crippen molar-refractivity contribution in [2.24, 2.45) is 0 Å². The molecule has 1 aromatic carbocycles. The van der Waals surface area contributed by atoms with Crippen LogP contribution < -0.4 is 4.90 Å². The van der Waals surface area contributed by atoms with Crippen LogP contribution in [-0.2, 0) is 9.47 Å². The normalized spacial score (nSPS) is 19.2. The van der Waals surface area contributed by atoms with E-state index in [2.05, 4.69) is 33.8 Å². The first kappa shape index (κ1) is 24.5. The summed E-state index contributed by atoms with van der Waals surface area (Å²) in [6.07, 6.45) is 3.54. The van der Waals surface area contributed by atoms with Crippen LogP contribution in [0.15, 0.2) is 16.6 Å². The first-order valence-corrected chi connectivity index (χ1v) is 11.4. The highest BCUT2D eigenvalue weighted by atomic mass is 79.9. The molecule has 1 amide bonds. The molecule has 7 heteroatoms. The van der Waals surface area contributed by atoms with Crippen molar-refractivity contribution in [1.29, 1.82) is 0 Å². The number of nitrogens with zero attached hydrogens (tertiary/aromatic N) is 2. The third kappa shape index (κ3) is 5.90. The van der Waals surface area contributed by atoms with E-state index in [0.29, 0.717) is 11.6 Å². The second-order valence-corrected chi connectivity index (χ2v) is 9.84. The van der Waals surface area contributed by atoms with Gasteiger partial charge in [-0.2, -0.15) is 0 Å². The van der Waals surface area contributed by atoms with Gasteiger partial charge in [-0.25, -0.2) is 9.59 Å². The second-order valence-electron chi connectivity index (χ2n) is 8.93. The number of hydrogen-bond acceptors (Lipinski definition) is 5. The number of rotatable bonds is 5. The van der Waals surface area contributed by atoms with Crippen molar-refractivity contribution in [3.8, 4) is 0 Å². The molecule has 0 unspecified atom stereocenters. The molecule has 6 nitrogen and oxygen atoms in total. The summed E-state index contributed by atoms with van der Waals surface area (Å²) in [5, 5.41) is 0. The van der Waals surface area contributed by atoms with E-state index in [1.165, 1.54) is 7.11 Å². The van der Waals surface area contributed by atoms with Crippen LogP contribution >= 0.6 is 15.9 Å². The number of methoxy groups -OCH3 is 1. The smallest absolute Gasteiger partial charge is 0.410 e. The highest BCUT2D eigenvalue weighted by Crippen LogP contribution is 2.34. The molecule has 0 atom stereocenters. The molecule has 1 fully saturated rings. The predicted molar refractivity (Wildman–Crippen MR) is 123 cm³/mol. The Labute approximate surface area is 189 Å². The fourth-order valence-electron chi connectivity index (χ4n) is 4.15. The largest absolute Gasteiger partial charge is 0.465 e. The number of anilines is 1. The fraction of sp³-hybridized carbons (Fsp3) is 0.652. The first-order valence-electron chi connectivity index (χ1n) is 10.6. The Morgan fingerprint density at radius 3 is 2.20 bits per heavy atom. The maximum Gasteiger partial charge on any atom is 0.410 e. The number of ether oxygens (including phenoxy) is 2. The maximum absolute atomic E-state index is 12.4. The van der Waals surface area contributed by atoms with E-state index in [4.69, 9.17) is 9.47 Å². The number of halogens is 1. The van der Waals surface area contributed by atoms with Crippen molar-refractivity contribution >= 4 is 33.7 Å². The van der Waals surface area contributed by atoms with Crippen molar-refractivity contribution in [1.82, 2.24) is 4.90 Å². The number of carbonyl (C=O) groups is 2. The molecule has 168 valence electrons. The van der Waals surface area contributed by atoms with Gasteiger partial charge in [-0.05, 0) is 78.0 Å². The number of esters is 1. The van der Waals surface area contributed by atoms with Gasteiger partial charge >= 0.3 is 12.1 Å². The zero-order valence-electron chi connectivity index (χ0n) is 19.3. The van der Waals surface area contributed by atoms with Crippen LogP contribution in [0.25, 0.3) is 0 Å². The topological polar surface area (TPSA) is 59.1 Å². The van der Waals surface area contributed by atoms with Gasteiger partial charge in [0.25, 0.3) is 0 Å². The first-order chi connectivity index (χ1) is 14.0. The zero-order chi connectivity index (χ0) is 22.6. The molecule has 0 heterocycles. The van der Waals surface area contributed by atoms with Crippen LogP contribution in [0.3, 0.4) is 0 Å². The molecule has 1 aromatic rings. The van der Waals surface area contributed by atoms with Gasteiger partial charge < -0.3 is 19.3 Å². The van der Waals surface area contributed by atoms with Gasteiger partial charge in [0.15, 0.2) is 0 Å². The van der Waals surface area contributed by atoms with Gasteiger partial charge in [0.2, 0.25) is 0 Å². The van der Waals surface area contributed by atoms with E-state index in [0.717, 1.165) is 48.0 Å². The molecule has 1 aliphatic carbocycles. The Hall–Kier alpha value is -1.76. The highest BCUT2D eigenvalue weighted by Gasteiger charge is 2.32. The molecule has 0 N–H and O–H groups in total. The predicted octanol–water partition coefficient (Wildman–Crippen LogP) is 5.55. The van der Waals surface area contributed by atoms with Gasteiger partial charge in [0.05, 0.1) is 12.7 Å². The molecular formula is C23H35BrN2O4. The van der Waals surface area contributed by atoms with Crippen LogP contribution in [0.5, 0.6) is 0 Å².